The maximum atomic E-state index is 12.0. The highest BCUT2D eigenvalue weighted by Gasteiger charge is 2.47. The molecule has 2 rings (SSSR count). The van der Waals surface area contributed by atoms with Crippen LogP contribution in [-0.2, 0) is 9.53 Å². The van der Waals surface area contributed by atoms with E-state index in [1.54, 1.807) is 0 Å². The summed E-state index contributed by atoms with van der Waals surface area (Å²) >= 11 is 0. The Hall–Kier alpha value is -2.15. The van der Waals surface area contributed by atoms with E-state index in [-0.39, 0.29) is 24.5 Å². The van der Waals surface area contributed by atoms with Crippen molar-refractivity contribution in [2.24, 2.45) is 5.41 Å². The third-order valence-corrected chi connectivity index (χ3v) is 3.29. The van der Waals surface area contributed by atoms with Gasteiger partial charge in [-0.3, -0.25) is 14.6 Å². The number of carboxylic acids is 1. The van der Waals surface area contributed by atoms with Crippen LogP contribution in [-0.4, -0.2) is 46.3 Å². The molecule has 1 saturated heterocycles. The van der Waals surface area contributed by atoms with Crippen molar-refractivity contribution in [3.8, 4) is 5.75 Å². The van der Waals surface area contributed by atoms with Crippen molar-refractivity contribution in [1.82, 2.24) is 10.3 Å². The van der Waals surface area contributed by atoms with E-state index in [0.29, 0.717) is 0 Å². The van der Waals surface area contributed by atoms with E-state index in [2.05, 4.69) is 10.3 Å². The molecule has 7 nitrogen and oxygen atoms in total. The Bertz CT molecular complexity index is 519. The smallest absolute Gasteiger partial charge is 0.313 e. The van der Waals surface area contributed by atoms with Gasteiger partial charge in [-0.1, -0.05) is 0 Å². The fraction of sp³-hybridized carbons (Fsp3) is 0.417. The highest BCUT2D eigenvalue weighted by molar-refractivity contribution is 5.97. The van der Waals surface area contributed by atoms with E-state index in [9.17, 15) is 19.8 Å². The molecular formula is C12H14N2O5. The highest BCUT2D eigenvalue weighted by atomic mass is 16.5. The summed E-state index contributed by atoms with van der Waals surface area (Å²) in [7, 11) is 0. The van der Waals surface area contributed by atoms with E-state index in [4.69, 9.17) is 4.74 Å². The molecule has 1 aliphatic heterocycles. The predicted molar refractivity (Wildman–Crippen MR) is 63.7 cm³/mol. The fourth-order valence-corrected chi connectivity index (χ4v) is 1.90. The van der Waals surface area contributed by atoms with Crippen LogP contribution in [0.4, 0.5) is 0 Å². The monoisotopic (exact) mass is 266 g/mol. The number of hydrogen-bond acceptors (Lipinski definition) is 5. The van der Waals surface area contributed by atoms with E-state index in [0.717, 1.165) is 6.20 Å². The molecule has 0 aromatic carbocycles. The number of pyridine rings is 1. The summed E-state index contributed by atoms with van der Waals surface area (Å²) in [4.78, 5) is 26.9. The van der Waals surface area contributed by atoms with Crippen LogP contribution in [0.25, 0.3) is 0 Å². The zero-order valence-corrected chi connectivity index (χ0v) is 10.3. The van der Waals surface area contributed by atoms with Crippen LogP contribution >= 0.6 is 0 Å². The van der Waals surface area contributed by atoms with Crippen molar-refractivity contribution < 1.29 is 24.5 Å². The lowest BCUT2D eigenvalue weighted by Crippen LogP contribution is -2.49. The summed E-state index contributed by atoms with van der Waals surface area (Å²) in [6.07, 6.45) is 2.52. The molecule has 0 aliphatic carbocycles. The first kappa shape index (κ1) is 13.3. The van der Waals surface area contributed by atoms with Crippen molar-refractivity contribution in [2.45, 2.75) is 13.0 Å². The minimum Gasteiger partial charge on any atom is -0.505 e. The number of hydrogen-bond donors (Lipinski definition) is 3. The number of carbonyl (C=O) groups is 2. The standard InChI is InChI=1S/C12H14N2O5/c1-12(11(17)18)6-19-5-9(12)14-10(16)7-2-3-13-4-8(7)15/h2-4,9,15H,5-6H2,1H3,(H,14,16)(H,17,18). The number of amides is 1. The number of aliphatic carboxylic acids is 1. The molecule has 1 aromatic heterocycles. The van der Waals surface area contributed by atoms with Crippen LogP contribution in [0, 0.1) is 5.41 Å². The first-order chi connectivity index (χ1) is 8.95. The van der Waals surface area contributed by atoms with Crippen LogP contribution in [0.1, 0.15) is 17.3 Å². The van der Waals surface area contributed by atoms with Gasteiger partial charge in [-0.05, 0) is 13.0 Å². The Kier molecular flexibility index (Phi) is 3.39. The summed E-state index contributed by atoms with van der Waals surface area (Å²) in [6, 6.07) is 0.712. The summed E-state index contributed by atoms with van der Waals surface area (Å²) in [5.74, 6) is -1.84. The topological polar surface area (TPSA) is 109 Å². The number of ether oxygens (including phenoxy) is 1. The molecule has 0 spiro atoms. The maximum absolute atomic E-state index is 12.0. The Balaban J connectivity index is 2.16. The maximum Gasteiger partial charge on any atom is 0.313 e. The third kappa shape index (κ3) is 2.37. The van der Waals surface area contributed by atoms with Crippen molar-refractivity contribution >= 4 is 11.9 Å². The Morgan fingerprint density at radius 1 is 1.58 bits per heavy atom. The van der Waals surface area contributed by atoms with E-state index < -0.39 is 23.3 Å². The number of nitrogens with one attached hydrogen (secondary N) is 1. The molecular weight excluding hydrogens is 252 g/mol. The van der Waals surface area contributed by atoms with Gasteiger partial charge >= 0.3 is 5.97 Å². The second-order valence-corrected chi connectivity index (χ2v) is 4.66. The molecule has 3 N–H and O–H groups in total. The van der Waals surface area contributed by atoms with Crippen molar-refractivity contribution in [1.29, 1.82) is 0 Å². The van der Waals surface area contributed by atoms with Gasteiger partial charge in [0, 0.05) is 6.20 Å². The highest BCUT2D eigenvalue weighted by Crippen LogP contribution is 2.29. The van der Waals surface area contributed by atoms with Gasteiger partial charge in [0.1, 0.15) is 11.2 Å². The molecule has 0 bridgehead atoms. The van der Waals surface area contributed by atoms with Crippen molar-refractivity contribution in [3.63, 3.8) is 0 Å². The number of carboxylic acid groups (broad SMARTS) is 1. The normalized spacial score (nSPS) is 26.1. The Morgan fingerprint density at radius 2 is 2.32 bits per heavy atom. The summed E-state index contributed by atoms with van der Waals surface area (Å²) < 4.78 is 5.13. The molecule has 19 heavy (non-hydrogen) atoms. The van der Waals surface area contributed by atoms with Gasteiger partial charge in [0.05, 0.1) is 31.0 Å². The molecule has 0 saturated carbocycles. The number of carbonyl (C=O) groups excluding carboxylic acids is 1. The van der Waals surface area contributed by atoms with E-state index >= 15 is 0 Å². The summed E-state index contributed by atoms with van der Waals surface area (Å²) in [5.41, 5.74) is -1.12. The molecule has 2 atom stereocenters. The SMILES string of the molecule is CC1(C(=O)O)COCC1NC(=O)c1ccncc1O. The minimum absolute atomic E-state index is 0.0373. The predicted octanol–water partition coefficient (Wildman–Crippen LogP) is 0.00670. The van der Waals surface area contributed by atoms with Gasteiger partial charge in [0.15, 0.2) is 0 Å². The largest absolute Gasteiger partial charge is 0.505 e. The first-order valence-corrected chi connectivity index (χ1v) is 5.70. The Labute approximate surface area is 109 Å². The number of aromatic nitrogens is 1. The molecule has 1 fully saturated rings. The lowest BCUT2D eigenvalue weighted by atomic mass is 9.85. The molecule has 1 aromatic rings. The lowest BCUT2D eigenvalue weighted by Gasteiger charge is -2.25. The average molecular weight is 266 g/mol. The second kappa shape index (κ2) is 4.85. The lowest BCUT2D eigenvalue weighted by molar-refractivity contribution is -0.148. The van der Waals surface area contributed by atoms with Crippen LogP contribution in [0.3, 0.4) is 0 Å². The van der Waals surface area contributed by atoms with Crippen LogP contribution in [0.5, 0.6) is 5.75 Å². The zero-order valence-electron chi connectivity index (χ0n) is 10.3. The molecule has 1 amide bonds. The average Bonchev–Trinajstić information content (AvgIpc) is 2.73. The van der Waals surface area contributed by atoms with Crippen LogP contribution in [0.15, 0.2) is 18.5 Å². The molecule has 1 aliphatic rings. The minimum atomic E-state index is -1.17. The van der Waals surface area contributed by atoms with Crippen LogP contribution < -0.4 is 5.32 Å². The van der Waals surface area contributed by atoms with E-state index in [1.807, 2.05) is 0 Å². The summed E-state index contributed by atoms with van der Waals surface area (Å²) in [5, 5.41) is 21.3. The molecule has 102 valence electrons. The second-order valence-electron chi connectivity index (χ2n) is 4.66. The van der Waals surface area contributed by atoms with Crippen LogP contribution in [0.2, 0.25) is 0 Å². The quantitative estimate of drug-likeness (QED) is 0.711. The number of nitrogens with zero attached hydrogens (tertiary/aromatic N) is 1. The van der Waals surface area contributed by atoms with Gasteiger partial charge in [-0.25, -0.2) is 0 Å². The molecule has 2 unspecified atom stereocenters. The van der Waals surface area contributed by atoms with Crippen molar-refractivity contribution in [3.05, 3.63) is 24.0 Å². The Morgan fingerprint density at radius 3 is 2.95 bits per heavy atom. The number of rotatable bonds is 3. The fourth-order valence-electron chi connectivity index (χ4n) is 1.90. The van der Waals surface area contributed by atoms with Gasteiger partial charge in [0.2, 0.25) is 0 Å². The van der Waals surface area contributed by atoms with E-state index in [1.165, 1.54) is 19.2 Å². The molecule has 2 heterocycles. The van der Waals surface area contributed by atoms with Crippen molar-refractivity contribution in [2.75, 3.05) is 13.2 Å². The number of aromatic hydroxyl groups is 1. The third-order valence-electron chi connectivity index (χ3n) is 3.29. The van der Waals surface area contributed by atoms with Gasteiger partial charge < -0.3 is 20.3 Å². The molecule has 0 radical (unpaired) electrons. The summed E-state index contributed by atoms with van der Waals surface area (Å²) in [6.45, 7) is 1.68. The first-order valence-electron chi connectivity index (χ1n) is 5.70. The van der Waals surface area contributed by atoms with Gasteiger partial charge in [-0.2, -0.15) is 0 Å². The molecule has 7 heteroatoms. The van der Waals surface area contributed by atoms with Gasteiger partial charge in [0.25, 0.3) is 5.91 Å². The van der Waals surface area contributed by atoms with Gasteiger partial charge in [-0.15, -0.1) is 0 Å². The zero-order chi connectivity index (χ0) is 14.0.